The first kappa shape index (κ1) is 14.8. The van der Waals surface area contributed by atoms with Crippen molar-refractivity contribution in [2.75, 3.05) is 0 Å². The average molecular weight is 309 g/mol. The van der Waals surface area contributed by atoms with E-state index in [9.17, 15) is 5.11 Å². The van der Waals surface area contributed by atoms with Crippen LogP contribution in [0, 0.1) is 0 Å². The predicted octanol–water partition coefficient (Wildman–Crippen LogP) is 3.77. The highest BCUT2D eigenvalue weighted by atomic mass is 35.5. The van der Waals surface area contributed by atoms with Crippen LogP contribution in [-0.2, 0) is 10.3 Å². The Morgan fingerprint density at radius 3 is 2.43 bits per heavy atom. The molecule has 2 aromatic rings. The minimum Gasteiger partial charge on any atom is -0.385 e. The number of aromatic amines is 1. The number of aromatic nitrogens is 2. The zero-order chi connectivity index (χ0) is 15.5. The summed E-state index contributed by atoms with van der Waals surface area (Å²) in [5.41, 5.74) is -0.181. The SMILES string of the molecule is CC1(C)CC(O)(c2cc(Cl)cc3cn[nH]c23)CC(C)(C)O1. The largest absolute Gasteiger partial charge is 0.385 e. The van der Waals surface area contributed by atoms with Gasteiger partial charge in [0.25, 0.3) is 0 Å². The molecule has 5 heteroatoms. The van der Waals surface area contributed by atoms with Crippen molar-refractivity contribution in [3.8, 4) is 0 Å². The van der Waals surface area contributed by atoms with Gasteiger partial charge in [0.1, 0.15) is 0 Å². The van der Waals surface area contributed by atoms with E-state index in [2.05, 4.69) is 10.2 Å². The van der Waals surface area contributed by atoms with Crippen LogP contribution in [-0.4, -0.2) is 26.5 Å². The van der Waals surface area contributed by atoms with Crippen molar-refractivity contribution in [2.24, 2.45) is 0 Å². The summed E-state index contributed by atoms with van der Waals surface area (Å²) < 4.78 is 6.08. The molecular formula is C16H21ClN2O2. The fraction of sp³-hybridized carbons (Fsp3) is 0.562. The standard InChI is InChI=1S/C16H21ClN2O2/c1-14(2)8-16(20,9-15(3,4)21-14)12-6-11(17)5-10-7-18-19-13(10)12/h5-7,20H,8-9H2,1-4H3,(H,18,19). The van der Waals surface area contributed by atoms with E-state index in [1.807, 2.05) is 39.8 Å². The molecule has 0 bridgehead atoms. The van der Waals surface area contributed by atoms with E-state index >= 15 is 0 Å². The lowest BCUT2D eigenvalue weighted by atomic mass is 9.73. The van der Waals surface area contributed by atoms with Crippen molar-refractivity contribution >= 4 is 22.5 Å². The van der Waals surface area contributed by atoms with Gasteiger partial charge in [0.05, 0.1) is 28.5 Å². The third-order valence-electron chi connectivity index (χ3n) is 4.00. The van der Waals surface area contributed by atoms with Crippen molar-refractivity contribution in [1.82, 2.24) is 10.2 Å². The molecule has 1 saturated heterocycles. The first-order chi connectivity index (χ1) is 9.60. The van der Waals surface area contributed by atoms with Crippen molar-refractivity contribution in [3.05, 3.63) is 28.9 Å². The third-order valence-corrected chi connectivity index (χ3v) is 4.22. The number of benzene rings is 1. The van der Waals surface area contributed by atoms with E-state index < -0.39 is 16.8 Å². The van der Waals surface area contributed by atoms with Crippen LogP contribution in [0.4, 0.5) is 0 Å². The third kappa shape index (κ3) is 2.68. The number of nitrogens with one attached hydrogen (secondary N) is 1. The number of H-pyrrole nitrogens is 1. The minimum absolute atomic E-state index is 0.412. The normalized spacial score (nSPS) is 23.3. The lowest BCUT2D eigenvalue weighted by Gasteiger charge is -2.49. The molecule has 1 fully saturated rings. The molecule has 21 heavy (non-hydrogen) atoms. The lowest BCUT2D eigenvalue weighted by molar-refractivity contribution is -0.223. The topological polar surface area (TPSA) is 58.1 Å². The maximum Gasteiger partial charge on any atom is 0.0972 e. The highest BCUT2D eigenvalue weighted by Gasteiger charge is 2.49. The second kappa shape index (κ2) is 4.45. The van der Waals surface area contributed by atoms with Gasteiger partial charge >= 0.3 is 0 Å². The van der Waals surface area contributed by atoms with Crippen LogP contribution in [0.3, 0.4) is 0 Å². The maximum absolute atomic E-state index is 11.4. The van der Waals surface area contributed by atoms with Crippen molar-refractivity contribution in [1.29, 1.82) is 0 Å². The second-order valence-corrected chi connectivity index (χ2v) is 7.73. The van der Waals surface area contributed by atoms with E-state index in [4.69, 9.17) is 16.3 Å². The summed E-state index contributed by atoms with van der Waals surface area (Å²) in [5, 5.41) is 19.9. The molecule has 2 heterocycles. The summed E-state index contributed by atoms with van der Waals surface area (Å²) in [6.45, 7) is 8.03. The zero-order valence-corrected chi connectivity index (χ0v) is 13.6. The van der Waals surface area contributed by atoms with Crippen molar-refractivity contribution in [3.63, 3.8) is 0 Å². The molecule has 0 atom stereocenters. The molecule has 1 aromatic carbocycles. The molecule has 1 aromatic heterocycles. The minimum atomic E-state index is -0.999. The van der Waals surface area contributed by atoms with Crippen LogP contribution < -0.4 is 0 Å². The van der Waals surface area contributed by atoms with Gasteiger partial charge in [-0.25, -0.2) is 0 Å². The number of nitrogens with zero attached hydrogens (tertiary/aromatic N) is 1. The molecule has 0 aliphatic carbocycles. The highest BCUT2D eigenvalue weighted by molar-refractivity contribution is 6.31. The molecule has 4 nitrogen and oxygen atoms in total. The van der Waals surface area contributed by atoms with Gasteiger partial charge < -0.3 is 9.84 Å². The molecule has 1 aliphatic rings. The molecule has 1 aliphatic heterocycles. The molecule has 0 spiro atoms. The summed E-state index contributed by atoms with van der Waals surface area (Å²) in [7, 11) is 0. The number of fused-ring (bicyclic) bond motifs is 1. The molecule has 2 N–H and O–H groups in total. The van der Waals surface area contributed by atoms with Gasteiger partial charge in [-0.1, -0.05) is 11.6 Å². The number of hydrogen-bond acceptors (Lipinski definition) is 3. The zero-order valence-electron chi connectivity index (χ0n) is 12.8. The van der Waals surface area contributed by atoms with E-state index in [0.29, 0.717) is 17.9 Å². The molecule has 0 saturated carbocycles. The molecule has 0 amide bonds. The van der Waals surface area contributed by atoms with E-state index in [1.54, 1.807) is 6.20 Å². The summed E-state index contributed by atoms with van der Waals surface area (Å²) in [6, 6.07) is 3.68. The van der Waals surface area contributed by atoms with Gasteiger partial charge in [-0.2, -0.15) is 5.10 Å². The Balaban J connectivity index is 2.18. The number of aliphatic hydroxyl groups is 1. The first-order valence-corrected chi connectivity index (χ1v) is 7.54. The van der Waals surface area contributed by atoms with E-state index in [-0.39, 0.29) is 0 Å². The Bertz CT molecular complexity index is 675. The van der Waals surface area contributed by atoms with Gasteiger partial charge in [-0.3, -0.25) is 5.10 Å². The Kier molecular flexibility index (Phi) is 3.14. The number of hydrogen-bond donors (Lipinski definition) is 2. The van der Waals surface area contributed by atoms with Gasteiger partial charge in [-0.05, 0) is 39.8 Å². The van der Waals surface area contributed by atoms with Crippen LogP contribution in [0.25, 0.3) is 10.9 Å². The van der Waals surface area contributed by atoms with Crippen LogP contribution in [0.1, 0.15) is 46.1 Å². The summed E-state index contributed by atoms with van der Waals surface area (Å²) in [5.74, 6) is 0. The van der Waals surface area contributed by atoms with Crippen LogP contribution >= 0.6 is 11.6 Å². The van der Waals surface area contributed by atoms with Gasteiger partial charge in [0.2, 0.25) is 0 Å². The quantitative estimate of drug-likeness (QED) is 0.843. The lowest BCUT2D eigenvalue weighted by Crippen LogP contribution is -2.52. The summed E-state index contributed by atoms with van der Waals surface area (Å²) in [6.07, 6.45) is 2.75. The Morgan fingerprint density at radius 2 is 1.81 bits per heavy atom. The summed E-state index contributed by atoms with van der Waals surface area (Å²) in [4.78, 5) is 0. The smallest absolute Gasteiger partial charge is 0.0972 e. The average Bonchev–Trinajstić information content (AvgIpc) is 2.70. The van der Waals surface area contributed by atoms with Crippen LogP contribution in [0.15, 0.2) is 18.3 Å². The fourth-order valence-corrected chi connectivity index (χ4v) is 4.10. The van der Waals surface area contributed by atoms with Crippen molar-refractivity contribution < 1.29 is 9.84 Å². The fourth-order valence-electron chi connectivity index (χ4n) is 3.87. The monoisotopic (exact) mass is 308 g/mol. The molecule has 0 unspecified atom stereocenters. The molecule has 114 valence electrons. The highest BCUT2D eigenvalue weighted by Crippen LogP contribution is 2.48. The number of ether oxygens (including phenoxy) is 1. The van der Waals surface area contributed by atoms with E-state index in [0.717, 1.165) is 16.5 Å². The molecular weight excluding hydrogens is 288 g/mol. The first-order valence-electron chi connectivity index (χ1n) is 7.16. The van der Waals surface area contributed by atoms with Crippen LogP contribution in [0.5, 0.6) is 0 Å². The van der Waals surface area contributed by atoms with Crippen molar-refractivity contribution in [2.45, 2.75) is 57.3 Å². The van der Waals surface area contributed by atoms with Crippen LogP contribution in [0.2, 0.25) is 5.02 Å². The maximum atomic E-state index is 11.4. The Labute approximate surface area is 129 Å². The van der Waals surface area contributed by atoms with Gasteiger partial charge in [0, 0.05) is 28.8 Å². The number of rotatable bonds is 1. The van der Waals surface area contributed by atoms with Gasteiger partial charge in [-0.15, -0.1) is 0 Å². The second-order valence-electron chi connectivity index (χ2n) is 7.29. The van der Waals surface area contributed by atoms with E-state index in [1.165, 1.54) is 0 Å². The molecule has 0 radical (unpaired) electrons. The summed E-state index contributed by atoms with van der Waals surface area (Å²) >= 11 is 6.22. The predicted molar refractivity (Wildman–Crippen MR) is 83.5 cm³/mol. The Morgan fingerprint density at radius 1 is 1.19 bits per heavy atom. The molecule has 3 rings (SSSR count). The Hall–Kier alpha value is -1.10. The number of halogens is 1. The van der Waals surface area contributed by atoms with Gasteiger partial charge in [0.15, 0.2) is 0 Å².